The highest BCUT2D eigenvalue weighted by Crippen LogP contribution is 2.12. The summed E-state index contributed by atoms with van der Waals surface area (Å²) in [5, 5.41) is 5.40. The van der Waals surface area contributed by atoms with Crippen LogP contribution in [0.5, 0.6) is 0 Å². The minimum Gasteiger partial charge on any atom is -0.350 e. The second-order valence-electron chi connectivity index (χ2n) is 5.42. The average molecular weight is 367 g/mol. The van der Waals surface area contributed by atoms with Crippen molar-refractivity contribution in [2.24, 2.45) is 0 Å². The van der Waals surface area contributed by atoms with E-state index in [1.165, 1.54) is 0 Å². The second-order valence-corrected chi connectivity index (χ2v) is 5.81. The summed E-state index contributed by atoms with van der Waals surface area (Å²) < 4.78 is 2.08. The third-order valence-corrected chi connectivity index (χ3v) is 3.89. The number of aromatic amines is 1. The van der Waals surface area contributed by atoms with Crippen LogP contribution in [0.15, 0.2) is 60.9 Å². The predicted molar refractivity (Wildman–Crippen MR) is 101 cm³/mol. The van der Waals surface area contributed by atoms with E-state index < -0.39 is 0 Å². The van der Waals surface area contributed by atoms with E-state index in [4.69, 9.17) is 12.2 Å². The number of para-hydroxylation sites is 1. The van der Waals surface area contributed by atoms with E-state index in [9.17, 15) is 9.59 Å². The predicted octanol–water partition coefficient (Wildman–Crippen LogP) is 2.69. The number of hydrogen-bond acceptors (Lipinski definition) is 4. The van der Waals surface area contributed by atoms with E-state index in [0.29, 0.717) is 16.3 Å². The van der Waals surface area contributed by atoms with Gasteiger partial charge in [-0.25, -0.2) is 4.98 Å². The van der Waals surface area contributed by atoms with Crippen molar-refractivity contribution in [2.75, 3.05) is 11.9 Å². The van der Waals surface area contributed by atoms with Gasteiger partial charge in [-0.3, -0.25) is 14.2 Å². The SMILES string of the molecule is O=C(CCNC(=O)c1c[nH]c(=S)n1-c1ccccc1)Nc1ccccn1. The topological polar surface area (TPSA) is 91.8 Å². The molecule has 0 saturated heterocycles. The van der Waals surface area contributed by atoms with Crippen LogP contribution in [0.2, 0.25) is 0 Å². The van der Waals surface area contributed by atoms with Gasteiger partial charge in [0.25, 0.3) is 5.91 Å². The van der Waals surface area contributed by atoms with Gasteiger partial charge >= 0.3 is 0 Å². The smallest absolute Gasteiger partial charge is 0.269 e. The molecule has 2 heterocycles. The lowest BCUT2D eigenvalue weighted by molar-refractivity contribution is -0.116. The largest absolute Gasteiger partial charge is 0.350 e. The first-order chi connectivity index (χ1) is 12.6. The summed E-state index contributed by atoms with van der Waals surface area (Å²) >= 11 is 5.26. The average Bonchev–Trinajstić information content (AvgIpc) is 3.05. The number of rotatable bonds is 6. The van der Waals surface area contributed by atoms with Crippen molar-refractivity contribution in [3.8, 4) is 5.69 Å². The number of carbonyl (C=O) groups is 2. The quantitative estimate of drug-likeness (QED) is 0.584. The lowest BCUT2D eigenvalue weighted by atomic mass is 10.3. The van der Waals surface area contributed by atoms with Crippen LogP contribution in [-0.4, -0.2) is 32.9 Å². The molecule has 0 atom stereocenters. The van der Waals surface area contributed by atoms with Gasteiger partial charge in [-0.1, -0.05) is 24.3 Å². The summed E-state index contributed by atoms with van der Waals surface area (Å²) in [6.07, 6.45) is 3.29. The van der Waals surface area contributed by atoms with Crippen LogP contribution in [0, 0.1) is 4.77 Å². The molecule has 2 amide bonds. The molecule has 0 radical (unpaired) electrons. The number of imidazole rings is 1. The zero-order valence-corrected chi connectivity index (χ0v) is 14.6. The summed E-state index contributed by atoms with van der Waals surface area (Å²) in [7, 11) is 0. The van der Waals surface area contributed by atoms with Crippen LogP contribution >= 0.6 is 12.2 Å². The van der Waals surface area contributed by atoms with Crippen LogP contribution in [-0.2, 0) is 4.79 Å². The van der Waals surface area contributed by atoms with Crippen molar-refractivity contribution in [3.05, 3.63) is 71.4 Å². The Morgan fingerprint density at radius 2 is 1.88 bits per heavy atom. The van der Waals surface area contributed by atoms with Gasteiger partial charge in [-0.05, 0) is 36.5 Å². The van der Waals surface area contributed by atoms with Crippen molar-refractivity contribution in [3.63, 3.8) is 0 Å². The van der Waals surface area contributed by atoms with Crippen LogP contribution in [0.25, 0.3) is 5.69 Å². The standard InChI is InChI=1S/C18H17N5O2S/c24-16(22-15-8-4-5-10-19-15)9-11-20-17(25)14-12-21-18(26)23(14)13-6-2-1-3-7-13/h1-8,10,12H,9,11H2,(H,20,25)(H,21,26)(H,19,22,24). The van der Waals surface area contributed by atoms with Gasteiger partial charge in [0.05, 0.1) is 0 Å². The Labute approximate surface area is 155 Å². The number of anilines is 1. The third kappa shape index (κ3) is 4.22. The number of H-pyrrole nitrogens is 1. The van der Waals surface area contributed by atoms with E-state index >= 15 is 0 Å². The molecule has 0 saturated carbocycles. The minimum atomic E-state index is -0.313. The Hall–Kier alpha value is -3.26. The van der Waals surface area contributed by atoms with Gasteiger partial charge in [-0.2, -0.15) is 0 Å². The summed E-state index contributed by atoms with van der Waals surface area (Å²) in [6, 6.07) is 14.6. The van der Waals surface area contributed by atoms with Gasteiger partial charge in [0, 0.05) is 31.0 Å². The van der Waals surface area contributed by atoms with Crippen LogP contribution in [0.1, 0.15) is 16.9 Å². The molecule has 0 bridgehead atoms. The first-order valence-corrected chi connectivity index (χ1v) is 8.41. The lowest BCUT2D eigenvalue weighted by Gasteiger charge is -2.09. The van der Waals surface area contributed by atoms with E-state index in [1.54, 1.807) is 35.2 Å². The number of benzene rings is 1. The summed E-state index contributed by atoms with van der Waals surface area (Å²) in [6.45, 7) is 0.199. The zero-order chi connectivity index (χ0) is 18.4. The fraction of sp³-hybridized carbons (Fsp3) is 0.111. The maximum absolute atomic E-state index is 12.4. The number of hydrogen-bond donors (Lipinski definition) is 3. The Morgan fingerprint density at radius 3 is 2.62 bits per heavy atom. The Bertz CT molecular complexity index is 950. The van der Waals surface area contributed by atoms with Crippen LogP contribution in [0.4, 0.5) is 5.82 Å². The molecule has 0 aliphatic rings. The minimum absolute atomic E-state index is 0.138. The van der Waals surface area contributed by atoms with Crippen molar-refractivity contribution in [2.45, 2.75) is 6.42 Å². The molecule has 0 unspecified atom stereocenters. The van der Waals surface area contributed by atoms with Crippen molar-refractivity contribution >= 4 is 29.9 Å². The molecule has 2 aromatic heterocycles. The fourth-order valence-electron chi connectivity index (χ4n) is 2.39. The molecule has 26 heavy (non-hydrogen) atoms. The molecule has 3 rings (SSSR count). The van der Waals surface area contributed by atoms with Gasteiger partial charge in [-0.15, -0.1) is 0 Å². The molecule has 3 aromatic rings. The highest BCUT2D eigenvalue weighted by atomic mass is 32.1. The number of pyridine rings is 1. The van der Waals surface area contributed by atoms with Gasteiger partial charge in [0.2, 0.25) is 5.91 Å². The van der Waals surface area contributed by atoms with E-state index in [1.807, 2.05) is 30.3 Å². The molecular weight excluding hydrogens is 350 g/mol. The molecular formula is C18H17N5O2S. The molecule has 0 spiro atoms. The molecule has 0 aliphatic heterocycles. The summed E-state index contributed by atoms with van der Waals surface area (Å²) in [4.78, 5) is 31.2. The number of nitrogens with one attached hydrogen (secondary N) is 3. The Kier molecular flexibility index (Phi) is 5.55. The first-order valence-electron chi connectivity index (χ1n) is 8.00. The molecule has 3 N–H and O–H groups in total. The second kappa shape index (κ2) is 8.21. The number of nitrogens with zero attached hydrogens (tertiary/aromatic N) is 2. The van der Waals surface area contributed by atoms with Crippen molar-refractivity contribution in [1.29, 1.82) is 0 Å². The lowest BCUT2D eigenvalue weighted by Crippen LogP contribution is -2.29. The Balaban J connectivity index is 1.59. The third-order valence-electron chi connectivity index (χ3n) is 3.59. The first kappa shape index (κ1) is 17.6. The summed E-state index contributed by atoms with van der Waals surface area (Å²) in [5.41, 5.74) is 1.17. The Morgan fingerprint density at radius 1 is 1.12 bits per heavy atom. The molecule has 8 heteroatoms. The van der Waals surface area contributed by atoms with Crippen LogP contribution < -0.4 is 10.6 Å². The van der Waals surface area contributed by atoms with Crippen molar-refractivity contribution in [1.82, 2.24) is 19.9 Å². The van der Waals surface area contributed by atoms with Crippen LogP contribution in [0.3, 0.4) is 0 Å². The molecule has 0 fully saturated rings. The normalized spacial score (nSPS) is 10.3. The zero-order valence-electron chi connectivity index (χ0n) is 13.8. The van der Waals surface area contributed by atoms with Crippen molar-refractivity contribution < 1.29 is 9.59 Å². The number of carbonyl (C=O) groups excluding carboxylic acids is 2. The highest BCUT2D eigenvalue weighted by Gasteiger charge is 2.14. The molecule has 7 nitrogen and oxygen atoms in total. The maximum Gasteiger partial charge on any atom is 0.269 e. The molecule has 0 aliphatic carbocycles. The van der Waals surface area contributed by atoms with Gasteiger partial charge < -0.3 is 15.6 Å². The highest BCUT2D eigenvalue weighted by molar-refractivity contribution is 7.71. The number of aromatic nitrogens is 3. The monoisotopic (exact) mass is 367 g/mol. The fourth-order valence-corrected chi connectivity index (χ4v) is 2.65. The molecule has 1 aromatic carbocycles. The number of amides is 2. The maximum atomic E-state index is 12.4. The van der Waals surface area contributed by atoms with E-state index in [-0.39, 0.29) is 24.8 Å². The summed E-state index contributed by atoms with van der Waals surface area (Å²) in [5.74, 6) is -0.0584. The van der Waals surface area contributed by atoms with E-state index in [2.05, 4.69) is 20.6 Å². The van der Waals surface area contributed by atoms with E-state index in [0.717, 1.165) is 5.69 Å². The van der Waals surface area contributed by atoms with Gasteiger partial charge in [0.1, 0.15) is 11.5 Å². The van der Waals surface area contributed by atoms with Gasteiger partial charge in [0.15, 0.2) is 4.77 Å². The molecule has 132 valence electrons.